The molecule has 0 radical (unpaired) electrons. The molecule has 1 aromatic rings. The van der Waals surface area contributed by atoms with Gasteiger partial charge in [-0.1, -0.05) is 37.1 Å². The minimum Gasteiger partial charge on any atom is -0.374 e. The second-order valence-electron chi connectivity index (χ2n) is 7.80. The van der Waals surface area contributed by atoms with Gasteiger partial charge in [-0.2, -0.15) is 0 Å². The summed E-state index contributed by atoms with van der Waals surface area (Å²) < 4.78 is 6.14. The molecule has 1 heterocycles. The van der Waals surface area contributed by atoms with E-state index in [2.05, 4.69) is 39.6 Å². The largest absolute Gasteiger partial charge is 0.374 e. The van der Waals surface area contributed by atoms with Crippen molar-refractivity contribution in [2.24, 2.45) is 5.92 Å². The van der Waals surface area contributed by atoms with E-state index in [1.165, 1.54) is 0 Å². The van der Waals surface area contributed by atoms with Gasteiger partial charge in [-0.15, -0.1) is 0 Å². The van der Waals surface area contributed by atoms with Crippen molar-refractivity contribution in [1.29, 1.82) is 0 Å². The Labute approximate surface area is 161 Å². The molecule has 25 heavy (non-hydrogen) atoms. The van der Waals surface area contributed by atoms with Gasteiger partial charge < -0.3 is 4.74 Å². The molecule has 0 spiro atoms. The number of hydrogen-bond donors (Lipinski definition) is 0. The second kappa shape index (κ2) is 10.6. The summed E-state index contributed by atoms with van der Waals surface area (Å²) in [4.78, 5) is 16.5. The summed E-state index contributed by atoms with van der Waals surface area (Å²) in [5.74, 6) is 0.528. The molecule has 0 amide bonds. The van der Waals surface area contributed by atoms with Crippen molar-refractivity contribution in [3.63, 3.8) is 0 Å². The Bertz CT molecular complexity index is 518. The average molecular weight is 384 g/mol. The lowest BCUT2D eigenvalue weighted by molar-refractivity contribution is -0.124. The first-order chi connectivity index (χ1) is 11.7. The lowest BCUT2D eigenvalue weighted by Crippen LogP contribution is -2.33. The van der Waals surface area contributed by atoms with Crippen LogP contribution in [0.15, 0.2) is 29.4 Å². The summed E-state index contributed by atoms with van der Waals surface area (Å²) in [6.07, 6.45) is 5.23. The van der Waals surface area contributed by atoms with Crippen LogP contribution >= 0.6 is 21.6 Å². The average Bonchev–Trinajstić information content (AvgIpc) is 2.58. The molecule has 1 aromatic heterocycles. The number of hydrogen-bond acceptors (Lipinski definition) is 5. The van der Waals surface area contributed by atoms with E-state index in [9.17, 15) is 4.79 Å². The van der Waals surface area contributed by atoms with E-state index in [1.807, 2.05) is 31.3 Å². The van der Waals surface area contributed by atoms with Crippen LogP contribution in [0.2, 0.25) is 0 Å². The smallest absolute Gasteiger partial charge is 0.135 e. The number of carbonyl (C=O) groups excluding carboxylic acids is 1. The Morgan fingerprint density at radius 2 is 2.00 bits per heavy atom. The van der Waals surface area contributed by atoms with Crippen LogP contribution in [-0.4, -0.2) is 27.7 Å². The Balaban J connectivity index is 2.38. The van der Waals surface area contributed by atoms with Crippen molar-refractivity contribution in [3.8, 4) is 0 Å². The summed E-state index contributed by atoms with van der Waals surface area (Å²) in [5.41, 5.74) is -0.283. The normalized spacial score (nSPS) is 13.7. The third-order valence-electron chi connectivity index (χ3n) is 4.05. The highest BCUT2D eigenvalue weighted by molar-refractivity contribution is 8.77. The summed E-state index contributed by atoms with van der Waals surface area (Å²) in [6.45, 7) is 13.3. The quantitative estimate of drug-likeness (QED) is 0.403. The first-order valence-corrected chi connectivity index (χ1v) is 11.2. The van der Waals surface area contributed by atoms with Crippen LogP contribution < -0.4 is 0 Å². The van der Waals surface area contributed by atoms with Crippen molar-refractivity contribution >= 4 is 27.4 Å². The van der Waals surface area contributed by atoms with Gasteiger partial charge in [0.1, 0.15) is 10.8 Å². The summed E-state index contributed by atoms with van der Waals surface area (Å²) in [6, 6.07) is 5.94. The highest BCUT2D eigenvalue weighted by atomic mass is 33.1. The lowest BCUT2D eigenvalue weighted by Gasteiger charge is -2.31. The molecule has 0 aromatic carbocycles. The molecule has 0 aliphatic carbocycles. The van der Waals surface area contributed by atoms with Gasteiger partial charge in [0.2, 0.25) is 0 Å². The van der Waals surface area contributed by atoms with Crippen molar-refractivity contribution < 1.29 is 9.53 Å². The number of nitrogens with zero attached hydrogens (tertiary/aromatic N) is 1. The van der Waals surface area contributed by atoms with Crippen LogP contribution in [0.4, 0.5) is 0 Å². The zero-order chi connectivity index (χ0) is 18.9. The van der Waals surface area contributed by atoms with Crippen LogP contribution in [0, 0.1) is 5.92 Å². The summed E-state index contributed by atoms with van der Waals surface area (Å²) in [7, 11) is 3.45. The summed E-state index contributed by atoms with van der Waals surface area (Å²) in [5, 5.41) is 1.01. The van der Waals surface area contributed by atoms with Gasteiger partial charge in [0.05, 0.1) is 12.2 Å². The predicted molar refractivity (Wildman–Crippen MR) is 110 cm³/mol. The van der Waals surface area contributed by atoms with Crippen molar-refractivity contribution in [1.82, 2.24) is 4.98 Å². The van der Waals surface area contributed by atoms with E-state index in [1.54, 1.807) is 21.6 Å². The van der Waals surface area contributed by atoms with Gasteiger partial charge in [-0.05, 0) is 63.5 Å². The molecule has 1 atom stereocenters. The van der Waals surface area contributed by atoms with E-state index < -0.39 is 0 Å². The van der Waals surface area contributed by atoms with Crippen LogP contribution in [0.1, 0.15) is 67.2 Å². The van der Waals surface area contributed by atoms with E-state index >= 15 is 0 Å². The first-order valence-electron chi connectivity index (χ1n) is 9.08. The number of pyridine rings is 1. The third kappa shape index (κ3) is 9.66. The third-order valence-corrected chi connectivity index (χ3v) is 7.23. The number of ether oxygens (including phenoxy) is 1. The molecule has 0 saturated carbocycles. The predicted octanol–water partition coefficient (Wildman–Crippen LogP) is 6.18. The van der Waals surface area contributed by atoms with Crippen molar-refractivity contribution in [2.75, 3.05) is 6.61 Å². The molecule has 0 N–H and O–H groups in total. The zero-order valence-corrected chi connectivity index (χ0v) is 18.1. The number of Topliss-reactive ketones (excluding diaryl/α,β-unsaturated/α-hetero) is 1. The van der Waals surface area contributed by atoms with E-state index in [-0.39, 0.29) is 16.3 Å². The molecule has 1 unspecified atom stereocenters. The number of ketones is 1. The molecule has 0 bridgehead atoms. The number of aromatic nitrogens is 1. The van der Waals surface area contributed by atoms with Gasteiger partial charge in [-0.3, -0.25) is 4.79 Å². The fourth-order valence-electron chi connectivity index (χ4n) is 2.28. The van der Waals surface area contributed by atoms with E-state index in [0.29, 0.717) is 18.8 Å². The monoisotopic (exact) mass is 383 g/mol. The van der Waals surface area contributed by atoms with Crippen molar-refractivity contribution in [3.05, 3.63) is 24.4 Å². The maximum Gasteiger partial charge on any atom is 0.135 e. The van der Waals surface area contributed by atoms with Crippen LogP contribution in [-0.2, 0) is 9.53 Å². The highest BCUT2D eigenvalue weighted by Crippen LogP contribution is 2.40. The Morgan fingerprint density at radius 3 is 2.60 bits per heavy atom. The van der Waals surface area contributed by atoms with Gasteiger partial charge >= 0.3 is 0 Å². The number of rotatable bonds is 12. The molecule has 0 fully saturated rings. The highest BCUT2D eigenvalue weighted by Gasteiger charge is 2.27. The first kappa shape index (κ1) is 22.5. The maximum absolute atomic E-state index is 12.2. The Morgan fingerprint density at radius 1 is 1.28 bits per heavy atom. The van der Waals surface area contributed by atoms with E-state index in [4.69, 9.17) is 4.74 Å². The van der Waals surface area contributed by atoms with Gasteiger partial charge in [0.25, 0.3) is 0 Å². The van der Waals surface area contributed by atoms with Crippen LogP contribution in [0.25, 0.3) is 0 Å². The second-order valence-corrected chi connectivity index (χ2v) is 10.7. The molecular weight excluding hydrogens is 350 g/mol. The molecular formula is C20H33NO2S2. The Kier molecular flexibility index (Phi) is 9.54. The van der Waals surface area contributed by atoms with Gasteiger partial charge in [0, 0.05) is 23.3 Å². The van der Waals surface area contributed by atoms with Gasteiger partial charge in [-0.25, -0.2) is 4.98 Å². The lowest BCUT2D eigenvalue weighted by atomic mass is 9.93. The Hall–Kier alpha value is -0.520. The topological polar surface area (TPSA) is 39.2 Å². The van der Waals surface area contributed by atoms with Gasteiger partial charge in [0.15, 0.2) is 0 Å². The fraction of sp³-hybridized carbons (Fsp3) is 0.700. The minimum absolute atomic E-state index is 0.0288. The minimum atomic E-state index is -0.283. The molecule has 0 saturated heterocycles. The molecule has 142 valence electrons. The molecule has 3 nitrogen and oxygen atoms in total. The standard InChI is InChI=1S/C20H33NO2S2/c1-7-10-16(2)17(22)12-13-19(3,4)23-15-20(5,6)25-24-18-11-8-9-14-21-18/h8-9,11,14,16H,7,10,12-13,15H2,1-6H3. The zero-order valence-electron chi connectivity index (χ0n) is 16.5. The van der Waals surface area contributed by atoms with Crippen LogP contribution in [0.3, 0.4) is 0 Å². The van der Waals surface area contributed by atoms with Crippen LogP contribution in [0.5, 0.6) is 0 Å². The SMILES string of the molecule is CCCC(C)C(=O)CCC(C)(C)OCC(C)(C)SSc1ccccn1. The maximum atomic E-state index is 12.2. The number of carbonyl (C=O) groups is 1. The molecule has 0 aliphatic rings. The molecule has 0 aliphatic heterocycles. The molecule has 5 heteroatoms. The molecule has 1 rings (SSSR count). The van der Waals surface area contributed by atoms with E-state index in [0.717, 1.165) is 24.3 Å². The fourth-order valence-corrected chi connectivity index (χ4v) is 4.31. The van der Waals surface area contributed by atoms with Crippen molar-refractivity contribution in [2.45, 2.75) is 82.6 Å². The summed E-state index contributed by atoms with van der Waals surface area (Å²) >= 11 is 0.